The van der Waals surface area contributed by atoms with Crippen molar-refractivity contribution in [2.75, 3.05) is 39.5 Å². The van der Waals surface area contributed by atoms with E-state index < -0.39 is 10.0 Å². The fraction of sp³-hybridized carbons (Fsp3) is 0.269. The normalized spacial score (nSPS) is 14.3. The molecule has 1 amide bonds. The second-order valence-corrected chi connectivity index (χ2v) is 9.83. The summed E-state index contributed by atoms with van der Waals surface area (Å²) in [5.41, 5.74) is 1.54. The SMILES string of the molecule is O=C(NCCOc1ccc(S(=O)(=O)N2CCOCC2)cc1)c1cccc(OCc2ccccc2)c1. The molecule has 0 saturated carbocycles. The number of morpholine rings is 1. The summed E-state index contributed by atoms with van der Waals surface area (Å²) in [4.78, 5) is 12.7. The fourth-order valence-corrected chi connectivity index (χ4v) is 4.96. The van der Waals surface area contributed by atoms with Gasteiger partial charge in [0, 0.05) is 18.7 Å². The second-order valence-electron chi connectivity index (χ2n) is 7.89. The molecule has 1 aliphatic heterocycles. The lowest BCUT2D eigenvalue weighted by Crippen LogP contribution is -2.40. The third kappa shape index (κ3) is 6.82. The molecule has 0 aliphatic carbocycles. The van der Waals surface area contributed by atoms with Crippen LogP contribution in [0.4, 0.5) is 0 Å². The number of hydrogen-bond donors (Lipinski definition) is 1. The zero-order valence-corrected chi connectivity index (χ0v) is 20.1. The Morgan fingerprint density at radius 3 is 2.37 bits per heavy atom. The van der Waals surface area contributed by atoms with Gasteiger partial charge in [-0.25, -0.2) is 8.42 Å². The van der Waals surface area contributed by atoms with Crippen molar-refractivity contribution in [3.05, 3.63) is 90.0 Å². The van der Waals surface area contributed by atoms with Crippen LogP contribution in [0.5, 0.6) is 11.5 Å². The predicted octanol–water partition coefficient (Wildman–Crippen LogP) is 3.10. The number of carbonyl (C=O) groups excluding carboxylic acids is 1. The van der Waals surface area contributed by atoms with Crippen LogP contribution in [0.3, 0.4) is 0 Å². The van der Waals surface area contributed by atoms with Gasteiger partial charge in [-0.2, -0.15) is 4.31 Å². The van der Waals surface area contributed by atoms with E-state index in [1.54, 1.807) is 30.3 Å². The number of hydrogen-bond acceptors (Lipinski definition) is 6. The van der Waals surface area contributed by atoms with Crippen LogP contribution in [0.1, 0.15) is 15.9 Å². The average molecular weight is 497 g/mol. The van der Waals surface area contributed by atoms with Gasteiger partial charge in [-0.15, -0.1) is 0 Å². The molecule has 1 N–H and O–H groups in total. The van der Waals surface area contributed by atoms with Crippen LogP contribution < -0.4 is 14.8 Å². The van der Waals surface area contributed by atoms with Gasteiger partial charge >= 0.3 is 0 Å². The van der Waals surface area contributed by atoms with E-state index in [-0.39, 0.29) is 17.4 Å². The summed E-state index contributed by atoms with van der Waals surface area (Å²) in [7, 11) is -3.54. The quantitative estimate of drug-likeness (QED) is 0.434. The molecule has 0 unspecified atom stereocenters. The van der Waals surface area contributed by atoms with E-state index in [4.69, 9.17) is 14.2 Å². The van der Waals surface area contributed by atoms with Crippen LogP contribution in [0.15, 0.2) is 83.8 Å². The molecular weight excluding hydrogens is 468 g/mol. The number of nitrogens with zero attached hydrogens (tertiary/aromatic N) is 1. The molecular formula is C26H28N2O6S. The molecule has 1 heterocycles. The maximum Gasteiger partial charge on any atom is 0.251 e. The Kier molecular flexibility index (Phi) is 8.36. The highest BCUT2D eigenvalue weighted by atomic mass is 32.2. The van der Waals surface area contributed by atoms with Crippen molar-refractivity contribution in [2.45, 2.75) is 11.5 Å². The van der Waals surface area contributed by atoms with Crippen molar-refractivity contribution < 1.29 is 27.4 Å². The van der Waals surface area contributed by atoms with Gasteiger partial charge < -0.3 is 19.5 Å². The van der Waals surface area contributed by atoms with E-state index in [2.05, 4.69) is 5.32 Å². The molecule has 9 heteroatoms. The highest BCUT2D eigenvalue weighted by Gasteiger charge is 2.26. The molecule has 8 nitrogen and oxygen atoms in total. The first kappa shape index (κ1) is 24.7. The molecule has 1 saturated heterocycles. The molecule has 3 aromatic carbocycles. The highest BCUT2D eigenvalue weighted by Crippen LogP contribution is 2.20. The minimum absolute atomic E-state index is 0.217. The van der Waals surface area contributed by atoms with Gasteiger partial charge in [-0.3, -0.25) is 4.79 Å². The number of rotatable bonds is 10. The fourth-order valence-electron chi connectivity index (χ4n) is 3.55. The molecule has 0 aromatic heterocycles. The Balaban J connectivity index is 1.22. The molecule has 35 heavy (non-hydrogen) atoms. The molecule has 1 fully saturated rings. The topological polar surface area (TPSA) is 94.2 Å². The largest absolute Gasteiger partial charge is 0.492 e. The minimum atomic E-state index is -3.54. The van der Waals surface area contributed by atoms with E-state index in [9.17, 15) is 13.2 Å². The van der Waals surface area contributed by atoms with Gasteiger partial charge in [-0.05, 0) is 48.0 Å². The molecule has 184 valence electrons. The van der Waals surface area contributed by atoms with Crippen LogP contribution in [-0.2, 0) is 21.4 Å². The third-order valence-corrected chi connectivity index (χ3v) is 7.35. The molecule has 1 aliphatic rings. The van der Waals surface area contributed by atoms with Gasteiger partial charge in [0.15, 0.2) is 0 Å². The van der Waals surface area contributed by atoms with Crippen molar-refractivity contribution in [3.8, 4) is 11.5 Å². The van der Waals surface area contributed by atoms with Crippen molar-refractivity contribution in [3.63, 3.8) is 0 Å². The number of sulfonamides is 1. The molecule has 4 rings (SSSR count). The first-order chi connectivity index (χ1) is 17.0. The van der Waals surface area contributed by atoms with E-state index in [1.807, 2.05) is 36.4 Å². The molecule has 0 radical (unpaired) electrons. The van der Waals surface area contributed by atoms with Crippen LogP contribution >= 0.6 is 0 Å². The van der Waals surface area contributed by atoms with E-state index in [0.717, 1.165) is 5.56 Å². The standard InChI is InChI=1S/C26H28N2O6S/c29-26(22-7-4-8-24(19-22)34-20-21-5-2-1-3-6-21)27-13-16-33-23-9-11-25(12-10-23)35(30,31)28-14-17-32-18-15-28/h1-12,19H,13-18,20H2,(H,27,29). The monoisotopic (exact) mass is 496 g/mol. The van der Waals surface area contributed by atoms with Crippen LogP contribution in [0.2, 0.25) is 0 Å². The summed E-state index contributed by atoms with van der Waals surface area (Å²) in [6.07, 6.45) is 0. The Bertz CT molecular complexity index is 1210. The summed E-state index contributed by atoms with van der Waals surface area (Å²) in [6.45, 7) is 2.46. The lowest BCUT2D eigenvalue weighted by Gasteiger charge is -2.26. The van der Waals surface area contributed by atoms with Crippen molar-refractivity contribution in [1.29, 1.82) is 0 Å². The Morgan fingerprint density at radius 1 is 0.886 bits per heavy atom. The minimum Gasteiger partial charge on any atom is -0.492 e. The van der Waals surface area contributed by atoms with Gasteiger partial charge in [0.05, 0.1) is 24.7 Å². The Labute approximate surface area is 205 Å². The van der Waals surface area contributed by atoms with Crippen molar-refractivity contribution in [2.24, 2.45) is 0 Å². The van der Waals surface area contributed by atoms with Crippen molar-refractivity contribution >= 4 is 15.9 Å². The first-order valence-electron chi connectivity index (χ1n) is 11.4. The number of benzene rings is 3. The second kappa shape index (κ2) is 11.8. The number of carbonyl (C=O) groups is 1. The van der Waals surface area contributed by atoms with E-state index >= 15 is 0 Å². The zero-order valence-electron chi connectivity index (χ0n) is 19.3. The summed E-state index contributed by atoms with van der Waals surface area (Å²) >= 11 is 0. The average Bonchev–Trinajstić information content (AvgIpc) is 2.91. The zero-order chi connectivity index (χ0) is 24.5. The number of ether oxygens (including phenoxy) is 3. The first-order valence-corrected chi connectivity index (χ1v) is 12.8. The molecule has 0 atom stereocenters. The highest BCUT2D eigenvalue weighted by molar-refractivity contribution is 7.89. The summed E-state index contributed by atoms with van der Waals surface area (Å²) in [6, 6.07) is 23.1. The lowest BCUT2D eigenvalue weighted by atomic mass is 10.2. The maximum atomic E-state index is 12.7. The molecule has 3 aromatic rings. The Hall–Kier alpha value is -3.40. The van der Waals surface area contributed by atoms with Gasteiger partial charge in [0.25, 0.3) is 5.91 Å². The number of nitrogens with one attached hydrogen (secondary N) is 1. The van der Waals surface area contributed by atoms with Gasteiger partial charge in [-0.1, -0.05) is 36.4 Å². The Morgan fingerprint density at radius 2 is 1.63 bits per heavy atom. The third-order valence-electron chi connectivity index (χ3n) is 5.43. The van der Waals surface area contributed by atoms with Gasteiger partial charge in [0.2, 0.25) is 10.0 Å². The van der Waals surface area contributed by atoms with Crippen molar-refractivity contribution in [1.82, 2.24) is 9.62 Å². The number of amides is 1. The lowest BCUT2D eigenvalue weighted by molar-refractivity contribution is 0.0730. The summed E-state index contributed by atoms with van der Waals surface area (Å²) in [5.74, 6) is 0.909. The van der Waals surface area contributed by atoms with Crippen LogP contribution in [-0.4, -0.2) is 58.1 Å². The smallest absolute Gasteiger partial charge is 0.251 e. The maximum absolute atomic E-state index is 12.7. The van der Waals surface area contributed by atoms with Gasteiger partial charge in [0.1, 0.15) is 24.7 Å². The van der Waals surface area contributed by atoms with Crippen LogP contribution in [0, 0.1) is 0 Å². The van der Waals surface area contributed by atoms with E-state index in [1.165, 1.54) is 16.4 Å². The summed E-state index contributed by atoms with van der Waals surface area (Å²) in [5, 5.41) is 2.81. The van der Waals surface area contributed by atoms with E-state index in [0.29, 0.717) is 56.5 Å². The van der Waals surface area contributed by atoms with Crippen LogP contribution in [0.25, 0.3) is 0 Å². The summed E-state index contributed by atoms with van der Waals surface area (Å²) < 4.78 is 43.4. The molecule has 0 spiro atoms. The molecule has 0 bridgehead atoms. The predicted molar refractivity (Wildman–Crippen MR) is 131 cm³/mol.